The summed E-state index contributed by atoms with van der Waals surface area (Å²) in [6.07, 6.45) is 1.56. The van der Waals surface area contributed by atoms with Gasteiger partial charge in [0, 0.05) is 6.20 Å². The van der Waals surface area contributed by atoms with Crippen molar-refractivity contribution in [3.05, 3.63) is 41.4 Å². The lowest BCUT2D eigenvalue weighted by Gasteiger charge is -1.98. The molecule has 3 heterocycles. The van der Waals surface area contributed by atoms with Crippen molar-refractivity contribution in [2.75, 3.05) is 5.73 Å². The van der Waals surface area contributed by atoms with E-state index in [0.29, 0.717) is 22.6 Å². The molecule has 0 aliphatic carbocycles. The zero-order valence-electron chi connectivity index (χ0n) is 10.3. The van der Waals surface area contributed by atoms with Crippen LogP contribution in [0.25, 0.3) is 22.0 Å². The van der Waals surface area contributed by atoms with Gasteiger partial charge in [-0.2, -0.15) is 0 Å². The number of aromatic amines is 1. The molecule has 0 spiro atoms. The first-order valence-corrected chi connectivity index (χ1v) is 6.68. The van der Waals surface area contributed by atoms with Gasteiger partial charge in [0.25, 0.3) is 5.91 Å². The van der Waals surface area contributed by atoms with Crippen LogP contribution < -0.4 is 11.5 Å². The first kappa shape index (κ1) is 12.4. The molecule has 3 aromatic rings. The van der Waals surface area contributed by atoms with Gasteiger partial charge >= 0.3 is 0 Å². The summed E-state index contributed by atoms with van der Waals surface area (Å²) in [5, 5.41) is 1.93. The highest BCUT2D eigenvalue weighted by atomic mass is 32.1. The first-order valence-electron chi connectivity index (χ1n) is 5.81. The van der Waals surface area contributed by atoms with Crippen molar-refractivity contribution in [3.8, 4) is 22.0 Å². The van der Waals surface area contributed by atoms with Crippen LogP contribution in [0, 0.1) is 0 Å². The van der Waals surface area contributed by atoms with Gasteiger partial charge in [-0.3, -0.25) is 4.79 Å². The Hall–Kier alpha value is -2.67. The minimum absolute atomic E-state index is 0.176. The van der Waals surface area contributed by atoms with Crippen molar-refractivity contribution in [2.45, 2.75) is 0 Å². The second kappa shape index (κ2) is 4.78. The fourth-order valence-corrected chi connectivity index (χ4v) is 2.67. The Kier molecular flexibility index (Phi) is 2.96. The Labute approximate surface area is 118 Å². The molecule has 0 saturated carbocycles. The van der Waals surface area contributed by atoms with Crippen LogP contribution in [0.4, 0.5) is 5.95 Å². The molecule has 0 fully saturated rings. The summed E-state index contributed by atoms with van der Waals surface area (Å²) in [6, 6.07) is 7.22. The number of nitrogen functional groups attached to an aromatic ring is 1. The molecule has 100 valence electrons. The summed E-state index contributed by atoms with van der Waals surface area (Å²) in [4.78, 5) is 23.7. The second-order valence-electron chi connectivity index (χ2n) is 4.11. The van der Waals surface area contributed by atoms with Crippen LogP contribution in [0.2, 0.25) is 0 Å². The van der Waals surface area contributed by atoms with Crippen LogP contribution in [0.3, 0.4) is 0 Å². The predicted molar refractivity (Wildman–Crippen MR) is 78.1 cm³/mol. The number of nitrogens with two attached hydrogens (primary N) is 2. The number of aromatic nitrogens is 3. The molecule has 5 N–H and O–H groups in total. The minimum atomic E-state index is -0.488. The Morgan fingerprint density at radius 2 is 2.20 bits per heavy atom. The van der Waals surface area contributed by atoms with Crippen molar-refractivity contribution in [1.29, 1.82) is 0 Å². The van der Waals surface area contributed by atoms with Gasteiger partial charge in [0.15, 0.2) is 0 Å². The summed E-state index contributed by atoms with van der Waals surface area (Å²) < 4.78 is 0. The molecule has 0 radical (unpaired) electrons. The number of H-pyrrole nitrogens is 1. The number of thiophene rings is 1. The molecule has 7 heteroatoms. The van der Waals surface area contributed by atoms with E-state index in [0.717, 1.165) is 4.88 Å². The van der Waals surface area contributed by atoms with Gasteiger partial charge in [0.05, 0.1) is 27.5 Å². The molecule has 20 heavy (non-hydrogen) atoms. The van der Waals surface area contributed by atoms with Crippen LogP contribution in [0.1, 0.15) is 10.4 Å². The molecule has 0 unspecified atom stereocenters. The quantitative estimate of drug-likeness (QED) is 0.682. The Balaban J connectivity index is 2.15. The fraction of sp³-hybridized carbons (Fsp3) is 0. The number of amides is 1. The number of nitrogens with zero attached hydrogens (tertiary/aromatic N) is 2. The predicted octanol–water partition coefficient (Wildman–Crippen LogP) is 1.88. The lowest BCUT2D eigenvalue weighted by molar-refractivity contribution is 0.100. The number of primary amides is 1. The highest BCUT2D eigenvalue weighted by Crippen LogP contribution is 2.30. The van der Waals surface area contributed by atoms with Crippen molar-refractivity contribution in [2.24, 2.45) is 5.73 Å². The van der Waals surface area contributed by atoms with Crippen molar-refractivity contribution in [3.63, 3.8) is 0 Å². The summed E-state index contributed by atoms with van der Waals surface area (Å²) >= 11 is 1.52. The number of rotatable bonds is 3. The fourth-order valence-electron chi connectivity index (χ4n) is 1.93. The first-order chi connectivity index (χ1) is 9.65. The molecule has 0 aromatic carbocycles. The van der Waals surface area contributed by atoms with Gasteiger partial charge in [-0.15, -0.1) is 11.3 Å². The van der Waals surface area contributed by atoms with E-state index < -0.39 is 5.91 Å². The van der Waals surface area contributed by atoms with Gasteiger partial charge < -0.3 is 16.5 Å². The molecule has 6 nitrogen and oxygen atoms in total. The van der Waals surface area contributed by atoms with E-state index in [1.807, 2.05) is 17.5 Å². The summed E-state index contributed by atoms with van der Waals surface area (Å²) in [5.41, 5.74) is 13.4. The van der Waals surface area contributed by atoms with E-state index in [4.69, 9.17) is 11.5 Å². The van der Waals surface area contributed by atoms with Gasteiger partial charge in [0.2, 0.25) is 5.95 Å². The maximum Gasteiger partial charge on any atom is 0.250 e. The number of anilines is 1. The van der Waals surface area contributed by atoms with E-state index in [9.17, 15) is 4.79 Å². The summed E-state index contributed by atoms with van der Waals surface area (Å²) in [6.45, 7) is 0. The average Bonchev–Trinajstić information content (AvgIpc) is 3.08. The van der Waals surface area contributed by atoms with E-state index in [2.05, 4.69) is 15.0 Å². The standard InChI is InChI=1S/C13H11N5OS/c14-12(19)7-6-9(8-3-4-16-13(15)18-8)17-11(7)10-2-1-5-20-10/h1-6,17H,(H2,14,19)(H2,15,16,18). The van der Waals surface area contributed by atoms with Gasteiger partial charge in [-0.05, 0) is 23.6 Å². The third-order valence-electron chi connectivity index (χ3n) is 2.80. The molecular formula is C13H11N5OS. The van der Waals surface area contributed by atoms with Crippen LogP contribution in [0.15, 0.2) is 35.8 Å². The highest BCUT2D eigenvalue weighted by molar-refractivity contribution is 7.13. The molecular weight excluding hydrogens is 274 g/mol. The monoisotopic (exact) mass is 285 g/mol. The van der Waals surface area contributed by atoms with Crippen LogP contribution in [-0.2, 0) is 0 Å². The van der Waals surface area contributed by atoms with E-state index in [1.54, 1.807) is 18.3 Å². The van der Waals surface area contributed by atoms with Crippen molar-refractivity contribution in [1.82, 2.24) is 15.0 Å². The Bertz CT molecular complexity index is 763. The van der Waals surface area contributed by atoms with E-state index in [-0.39, 0.29) is 5.95 Å². The normalized spacial score (nSPS) is 10.6. The third kappa shape index (κ3) is 2.14. The van der Waals surface area contributed by atoms with E-state index in [1.165, 1.54) is 11.3 Å². The smallest absolute Gasteiger partial charge is 0.250 e. The topological polar surface area (TPSA) is 111 Å². The SMILES string of the molecule is NC(=O)c1cc(-c2ccnc(N)n2)[nH]c1-c1cccs1. The number of carbonyl (C=O) groups is 1. The van der Waals surface area contributed by atoms with Crippen LogP contribution >= 0.6 is 11.3 Å². The van der Waals surface area contributed by atoms with Crippen LogP contribution in [0.5, 0.6) is 0 Å². The summed E-state index contributed by atoms with van der Waals surface area (Å²) in [5.74, 6) is -0.312. The van der Waals surface area contributed by atoms with Crippen molar-refractivity contribution >= 4 is 23.2 Å². The molecule has 1 amide bonds. The van der Waals surface area contributed by atoms with Crippen molar-refractivity contribution < 1.29 is 4.79 Å². The number of carbonyl (C=O) groups excluding carboxylic acids is 1. The van der Waals surface area contributed by atoms with Gasteiger partial charge in [-0.1, -0.05) is 6.07 Å². The molecule has 0 saturated heterocycles. The molecule has 3 aromatic heterocycles. The number of hydrogen-bond acceptors (Lipinski definition) is 5. The van der Waals surface area contributed by atoms with Gasteiger partial charge in [-0.25, -0.2) is 9.97 Å². The maximum absolute atomic E-state index is 11.6. The minimum Gasteiger partial charge on any atom is -0.368 e. The third-order valence-corrected chi connectivity index (χ3v) is 3.69. The number of nitrogens with one attached hydrogen (secondary N) is 1. The highest BCUT2D eigenvalue weighted by Gasteiger charge is 2.16. The lowest BCUT2D eigenvalue weighted by atomic mass is 10.2. The Morgan fingerprint density at radius 3 is 2.85 bits per heavy atom. The molecule has 0 aliphatic rings. The molecule has 3 rings (SSSR count). The lowest BCUT2D eigenvalue weighted by Crippen LogP contribution is -2.10. The maximum atomic E-state index is 11.6. The Morgan fingerprint density at radius 1 is 1.35 bits per heavy atom. The second-order valence-corrected chi connectivity index (χ2v) is 5.06. The van der Waals surface area contributed by atoms with E-state index >= 15 is 0 Å². The van der Waals surface area contributed by atoms with Crippen LogP contribution in [-0.4, -0.2) is 20.9 Å². The van der Waals surface area contributed by atoms with Gasteiger partial charge in [0.1, 0.15) is 0 Å². The average molecular weight is 285 g/mol. The molecule has 0 atom stereocenters. The number of hydrogen-bond donors (Lipinski definition) is 3. The zero-order valence-corrected chi connectivity index (χ0v) is 11.1. The molecule has 0 bridgehead atoms. The largest absolute Gasteiger partial charge is 0.368 e. The zero-order chi connectivity index (χ0) is 14.1. The molecule has 0 aliphatic heterocycles. The summed E-state index contributed by atoms with van der Waals surface area (Å²) in [7, 11) is 0.